The summed E-state index contributed by atoms with van der Waals surface area (Å²) in [6, 6.07) is 4.30. The number of aromatic nitrogens is 2. The second kappa shape index (κ2) is 6.39. The van der Waals surface area contributed by atoms with Crippen molar-refractivity contribution in [2.45, 2.75) is 46.3 Å². The van der Waals surface area contributed by atoms with Crippen LogP contribution in [0.1, 0.15) is 30.9 Å². The van der Waals surface area contributed by atoms with Gasteiger partial charge in [0.15, 0.2) is 0 Å². The lowest BCUT2D eigenvalue weighted by Crippen LogP contribution is -2.35. The van der Waals surface area contributed by atoms with Gasteiger partial charge in [0.05, 0.1) is 30.0 Å². The Hall–Kier alpha value is -1.39. The molecule has 0 bridgehead atoms. The van der Waals surface area contributed by atoms with Crippen LogP contribution in [0.15, 0.2) is 18.5 Å². The summed E-state index contributed by atoms with van der Waals surface area (Å²) in [5, 5.41) is 10.4. The highest BCUT2D eigenvalue weighted by Gasteiger charge is 2.24. The number of aryl methyl sites for hydroxylation is 2. The Kier molecular flexibility index (Phi) is 4.50. The lowest BCUT2D eigenvalue weighted by atomic mass is 10.1. The maximum atomic E-state index is 10.4. The first kappa shape index (κ1) is 15.5. The number of rotatable bonds is 7. The molecule has 1 heterocycles. The number of hydrogen-bond acceptors (Lipinski definition) is 3. The highest BCUT2D eigenvalue weighted by molar-refractivity contribution is 5.77. The standard InChI is InChI=1S/C18H27N3O/c1-4-20(9-15-5-6-15)10-16(22)11-21-12-19-17-7-13(2)14(3)8-18(17)21/h7-8,12,15-16,22H,4-6,9-11H2,1-3H3. The Morgan fingerprint density at radius 3 is 2.73 bits per heavy atom. The number of aliphatic hydroxyl groups excluding tert-OH is 1. The Morgan fingerprint density at radius 1 is 1.32 bits per heavy atom. The number of likely N-dealkylation sites (N-methyl/N-ethyl adjacent to an activating group) is 1. The molecule has 1 aromatic heterocycles. The topological polar surface area (TPSA) is 41.3 Å². The molecule has 4 heteroatoms. The van der Waals surface area contributed by atoms with Crippen LogP contribution >= 0.6 is 0 Å². The van der Waals surface area contributed by atoms with Crippen LogP contribution < -0.4 is 0 Å². The van der Waals surface area contributed by atoms with E-state index in [1.807, 2.05) is 6.33 Å². The molecule has 0 radical (unpaired) electrons. The van der Waals surface area contributed by atoms with Crippen molar-refractivity contribution in [3.8, 4) is 0 Å². The van der Waals surface area contributed by atoms with Gasteiger partial charge in [-0.2, -0.15) is 0 Å². The number of hydrogen-bond donors (Lipinski definition) is 1. The molecule has 0 amide bonds. The van der Waals surface area contributed by atoms with E-state index in [-0.39, 0.29) is 6.10 Å². The molecule has 3 rings (SSSR count). The predicted octanol–water partition coefficient (Wildman–Crippen LogP) is 2.75. The first-order valence-corrected chi connectivity index (χ1v) is 8.39. The van der Waals surface area contributed by atoms with Crippen LogP contribution in [0.5, 0.6) is 0 Å². The van der Waals surface area contributed by atoms with Gasteiger partial charge in [0.1, 0.15) is 0 Å². The zero-order chi connectivity index (χ0) is 15.7. The Bertz CT molecular complexity index is 645. The van der Waals surface area contributed by atoms with Gasteiger partial charge in [-0.15, -0.1) is 0 Å². The summed E-state index contributed by atoms with van der Waals surface area (Å²) in [5.74, 6) is 0.867. The maximum Gasteiger partial charge on any atom is 0.0959 e. The van der Waals surface area contributed by atoms with Gasteiger partial charge in [-0.25, -0.2) is 4.98 Å². The minimum Gasteiger partial charge on any atom is -0.390 e. The Balaban J connectivity index is 1.67. The number of nitrogens with zero attached hydrogens (tertiary/aromatic N) is 3. The van der Waals surface area contributed by atoms with Crippen LogP contribution in [0.25, 0.3) is 11.0 Å². The second-order valence-corrected chi connectivity index (χ2v) is 6.77. The van der Waals surface area contributed by atoms with E-state index < -0.39 is 0 Å². The minimum atomic E-state index is -0.349. The summed E-state index contributed by atoms with van der Waals surface area (Å²) in [7, 11) is 0. The summed E-state index contributed by atoms with van der Waals surface area (Å²) < 4.78 is 2.08. The quantitative estimate of drug-likeness (QED) is 0.855. The molecule has 2 aromatic rings. The number of aliphatic hydroxyl groups is 1. The van der Waals surface area contributed by atoms with Crippen molar-refractivity contribution in [1.82, 2.24) is 14.5 Å². The first-order valence-electron chi connectivity index (χ1n) is 8.39. The summed E-state index contributed by atoms with van der Waals surface area (Å²) in [5.41, 5.74) is 4.67. The van der Waals surface area contributed by atoms with Gasteiger partial charge >= 0.3 is 0 Å². The van der Waals surface area contributed by atoms with Crippen LogP contribution in [-0.2, 0) is 6.54 Å². The van der Waals surface area contributed by atoms with Crippen molar-refractivity contribution in [3.63, 3.8) is 0 Å². The average molecular weight is 301 g/mol. The molecule has 0 aliphatic heterocycles. The molecule has 4 nitrogen and oxygen atoms in total. The van der Waals surface area contributed by atoms with Gasteiger partial charge in [0.2, 0.25) is 0 Å². The van der Waals surface area contributed by atoms with Gasteiger partial charge in [0, 0.05) is 13.1 Å². The van der Waals surface area contributed by atoms with E-state index in [4.69, 9.17) is 0 Å². The molecule has 1 aliphatic rings. The average Bonchev–Trinajstić information content (AvgIpc) is 3.23. The van der Waals surface area contributed by atoms with Gasteiger partial charge in [0.25, 0.3) is 0 Å². The molecular formula is C18H27N3O. The van der Waals surface area contributed by atoms with E-state index in [2.05, 4.69) is 47.4 Å². The normalized spacial score (nSPS) is 16.6. The summed E-state index contributed by atoms with van der Waals surface area (Å²) >= 11 is 0. The third-order valence-electron chi connectivity index (χ3n) is 4.77. The largest absolute Gasteiger partial charge is 0.390 e. The van der Waals surface area contributed by atoms with Crippen molar-refractivity contribution in [3.05, 3.63) is 29.6 Å². The van der Waals surface area contributed by atoms with Crippen LogP contribution in [0, 0.1) is 19.8 Å². The van der Waals surface area contributed by atoms with Crippen molar-refractivity contribution >= 4 is 11.0 Å². The maximum absolute atomic E-state index is 10.4. The monoisotopic (exact) mass is 301 g/mol. The fraction of sp³-hybridized carbons (Fsp3) is 0.611. The molecule has 0 saturated heterocycles. The fourth-order valence-electron chi connectivity index (χ4n) is 3.04. The van der Waals surface area contributed by atoms with Crippen molar-refractivity contribution in [2.24, 2.45) is 5.92 Å². The lowest BCUT2D eigenvalue weighted by molar-refractivity contribution is 0.0991. The van der Waals surface area contributed by atoms with Crippen molar-refractivity contribution in [1.29, 1.82) is 0 Å². The SMILES string of the molecule is CCN(CC(O)Cn1cnc2cc(C)c(C)cc21)CC1CC1. The summed E-state index contributed by atoms with van der Waals surface area (Å²) in [6.45, 7) is 9.91. The molecule has 1 saturated carbocycles. The highest BCUT2D eigenvalue weighted by atomic mass is 16.3. The molecule has 1 unspecified atom stereocenters. The highest BCUT2D eigenvalue weighted by Crippen LogP contribution is 2.29. The molecular weight excluding hydrogens is 274 g/mol. The molecule has 1 aliphatic carbocycles. The fourth-order valence-corrected chi connectivity index (χ4v) is 3.04. The number of benzene rings is 1. The van der Waals surface area contributed by atoms with Gasteiger partial charge in [-0.3, -0.25) is 0 Å². The van der Waals surface area contributed by atoms with E-state index in [1.165, 1.54) is 24.0 Å². The van der Waals surface area contributed by atoms with Crippen LogP contribution in [0.2, 0.25) is 0 Å². The van der Waals surface area contributed by atoms with E-state index >= 15 is 0 Å². The predicted molar refractivity (Wildman–Crippen MR) is 90.1 cm³/mol. The lowest BCUT2D eigenvalue weighted by Gasteiger charge is -2.23. The molecule has 0 spiro atoms. The minimum absolute atomic E-state index is 0.349. The first-order chi connectivity index (χ1) is 10.6. The van der Waals surface area contributed by atoms with Crippen LogP contribution in [-0.4, -0.2) is 45.3 Å². The summed E-state index contributed by atoms with van der Waals surface area (Å²) in [6.07, 6.45) is 4.22. The zero-order valence-corrected chi connectivity index (χ0v) is 13.9. The molecule has 22 heavy (non-hydrogen) atoms. The second-order valence-electron chi connectivity index (χ2n) is 6.77. The van der Waals surface area contributed by atoms with Crippen LogP contribution in [0.4, 0.5) is 0 Å². The smallest absolute Gasteiger partial charge is 0.0959 e. The number of imidazole rings is 1. The van der Waals surface area contributed by atoms with E-state index in [1.54, 1.807) is 0 Å². The van der Waals surface area contributed by atoms with E-state index in [0.29, 0.717) is 6.54 Å². The Morgan fingerprint density at radius 2 is 2.05 bits per heavy atom. The van der Waals surface area contributed by atoms with Crippen molar-refractivity contribution < 1.29 is 5.11 Å². The molecule has 1 fully saturated rings. The molecule has 1 N–H and O–H groups in total. The van der Waals surface area contributed by atoms with Gasteiger partial charge in [-0.05, 0) is 62.4 Å². The summed E-state index contributed by atoms with van der Waals surface area (Å²) in [4.78, 5) is 6.84. The van der Waals surface area contributed by atoms with Gasteiger partial charge < -0.3 is 14.6 Å². The molecule has 1 atom stereocenters. The zero-order valence-electron chi connectivity index (χ0n) is 13.9. The van der Waals surface area contributed by atoms with Crippen LogP contribution in [0.3, 0.4) is 0 Å². The third-order valence-corrected chi connectivity index (χ3v) is 4.77. The van der Waals surface area contributed by atoms with Gasteiger partial charge in [-0.1, -0.05) is 6.92 Å². The van der Waals surface area contributed by atoms with E-state index in [0.717, 1.165) is 36.6 Å². The Labute approximate surface area is 132 Å². The third kappa shape index (κ3) is 3.50. The molecule has 1 aromatic carbocycles. The number of fused-ring (bicyclic) bond motifs is 1. The van der Waals surface area contributed by atoms with E-state index in [9.17, 15) is 5.11 Å². The van der Waals surface area contributed by atoms with Crippen molar-refractivity contribution in [2.75, 3.05) is 19.6 Å². The molecule has 120 valence electrons.